The molecule has 2 aliphatic heterocycles. The van der Waals surface area contributed by atoms with Gasteiger partial charge >= 0.3 is 6.03 Å². The quantitative estimate of drug-likeness (QED) is 0.563. The van der Waals surface area contributed by atoms with Crippen molar-refractivity contribution in [2.45, 2.75) is 6.54 Å². The molecule has 1 aromatic heterocycles. The van der Waals surface area contributed by atoms with Crippen LogP contribution in [0.4, 0.5) is 33.6 Å². The van der Waals surface area contributed by atoms with Crippen LogP contribution in [0.1, 0.15) is 5.56 Å². The molecular weight excluding hydrogens is 451 g/mol. The highest BCUT2D eigenvalue weighted by molar-refractivity contribution is 6.40. The molecule has 2 amide bonds. The topological polar surface area (TPSA) is 82.6 Å². The van der Waals surface area contributed by atoms with Gasteiger partial charge in [-0.2, -0.15) is 4.98 Å². The maximum Gasteiger partial charge on any atom is 0.327 e. The number of amides is 2. The van der Waals surface area contributed by atoms with E-state index in [0.29, 0.717) is 27.5 Å². The van der Waals surface area contributed by atoms with E-state index < -0.39 is 0 Å². The van der Waals surface area contributed by atoms with Crippen molar-refractivity contribution in [3.05, 3.63) is 64.3 Å². The molecule has 5 rings (SSSR count). The lowest BCUT2D eigenvalue weighted by Crippen LogP contribution is -2.39. The van der Waals surface area contributed by atoms with Crippen LogP contribution < -0.4 is 20.4 Å². The van der Waals surface area contributed by atoms with Gasteiger partial charge in [-0.3, -0.25) is 10.2 Å². The van der Waals surface area contributed by atoms with Crippen LogP contribution in [0.3, 0.4) is 0 Å². The van der Waals surface area contributed by atoms with Crippen molar-refractivity contribution in [1.29, 1.82) is 0 Å². The highest BCUT2D eigenvalue weighted by Gasteiger charge is 2.28. The fraction of sp³-hybridized carbons (Fsp3) is 0.227. The summed E-state index contributed by atoms with van der Waals surface area (Å²) in [5.41, 5.74) is 3.22. The van der Waals surface area contributed by atoms with Gasteiger partial charge in [0.15, 0.2) is 0 Å². The molecule has 0 atom stereocenters. The second-order valence-electron chi connectivity index (χ2n) is 7.43. The number of nitrogens with zero attached hydrogens (tertiary/aromatic N) is 4. The van der Waals surface area contributed by atoms with Crippen LogP contribution in [0.5, 0.6) is 0 Å². The third kappa shape index (κ3) is 4.17. The van der Waals surface area contributed by atoms with Crippen molar-refractivity contribution in [1.82, 2.24) is 9.97 Å². The van der Waals surface area contributed by atoms with Gasteiger partial charge in [-0.15, -0.1) is 0 Å². The lowest BCUT2D eigenvalue weighted by Gasteiger charge is -2.30. The Morgan fingerprint density at radius 1 is 1.03 bits per heavy atom. The van der Waals surface area contributed by atoms with Gasteiger partial charge < -0.3 is 15.0 Å². The first-order chi connectivity index (χ1) is 15.6. The lowest BCUT2D eigenvalue weighted by atomic mass is 10.2. The molecule has 1 fully saturated rings. The largest absolute Gasteiger partial charge is 0.378 e. The Labute approximate surface area is 195 Å². The normalized spacial score (nSPS) is 15.9. The molecule has 1 saturated heterocycles. The number of urea groups is 1. The van der Waals surface area contributed by atoms with E-state index in [1.54, 1.807) is 24.4 Å². The van der Waals surface area contributed by atoms with Crippen LogP contribution in [0.15, 0.2) is 48.7 Å². The van der Waals surface area contributed by atoms with Crippen molar-refractivity contribution < 1.29 is 9.53 Å². The number of carbonyl (C=O) groups excluding carboxylic acids is 1. The third-order valence-corrected chi connectivity index (χ3v) is 5.98. The third-order valence-electron chi connectivity index (χ3n) is 5.37. The summed E-state index contributed by atoms with van der Waals surface area (Å²) in [6.07, 6.45) is 1.68. The number of hydrogen-bond donors (Lipinski definition) is 2. The number of nitrogens with one attached hydrogen (secondary N) is 2. The van der Waals surface area contributed by atoms with Crippen molar-refractivity contribution in [2.75, 3.05) is 46.7 Å². The van der Waals surface area contributed by atoms with E-state index in [1.807, 2.05) is 12.1 Å². The SMILES string of the molecule is O=C1Nc2nc(Nc3ccc(N4CCOCC4)cc3)ncc2CN1c1c(Cl)cccc1Cl. The minimum absolute atomic E-state index is 0.263. The van der Waals surface area contributed by atoms with Crippen LogP contribution in [0.25, 0.3) is 0 Å². The monoisotopic (exact) mass is 470 g/mol. The number of hydrogen-bond acceptors (Lipinski definition) is 6. The molecule has 164 valence electrons. The van der Waals surface area contributed by atoms with Crippen molar-refractivity contribution in [3.63, 3.8) is 0 Å². The molecule has 0 unspecified atom stereocenters. The molecular formula is C22H20Cl2N6O2. The summed E-state index contributed by atoms with van der Waals surface area (Å²) in [5, 5.41) is 6.79. The smallest absolute Gasteiger partial charge is 0.327 e. The zero-order valence-electron chi connectivity index (χ0n) is 17.0. The van der Waals surface area contributed by atoms with E-state index in [0.717, 1.165) is 43.2 Å². The first-order valence-electron chi connectivity index (χ1n) is 10.2. The van der Waals surface area contributed by atoms with E-state index in [2.05, 4.69) is 37.6 Å². The highest BCUT2D eigenvalue weighted by atomic mass is 35.5. The van der Waals surface area contributed by atoms with Crippen LogP contribution in [-0.2, 0) is 11.3 Å². The lowest BCUT2D eigenvalue weighted by molar-refractivity contribution is 0.122. The van der Waals surface area contributed by atoms with Gasteiger partial charge in [0.1, 0.15) is 5.82 Å². The molecule has 3 heterocycles. The van der Waals surface area contributed by atoms with Crippen molar-refractivity contribution >= 4 is 58.1 Å². The summed E-state index contributed by atoms with van der Waals surface area (Å²) in [4.78, 5) is 25.4. The summed E-state index contributed by atoms with van der Waals surface area (Å²) in [7, 11) is 0. The number of fused-ring (bicyclic) bond motifs is 1. The second kappa shape index (κ2) is 8.82. The fourth-order valence-electron chi connectivity index (χ4n) is 3.74. The number of morpholine rings is 1. The number of halogens is 2. The highest BCUT2D eigenvalue weighted by Crippen LogP contribution is 2.37. The van der Waals surface area contributed by atoms with Crippen LogP contribution in [0.2, 0.25) is 10.0 Å². The average Bonchev–Trinajstić information content (AvgIpc) is 2.80. The number of ether oxygens (including phenoxy) is 1. The molecule has 2 aromatic carbocycles. The van der Waals surface area contributed by atoms with Gasteiger partial charge in [-0.25, -0.2) is 9.78 Å². The van der Waals surface area contributed by atoms with Gasteiger partial charge in [0.25, 0.3) is 0 Å². The number of carbonyl (C=O) groups is 1. The molecule has 2 N–H and O–H groups in total. The second-order valence-corrected chi connectivity index (χ2v) is 8.24. The molecule has 8 nitrogen and oxygen atoms in total. The standard InChI is InChI=1S/C22H20Cl2N6O2/c23-17-2-1-3-18(24)19(17)30-13-14-12-25-21(27-20(14)28-22(30)31)26-15-4-6-16(7-5-15)29-8-10-32-11-9-29/h1-7,12H,8-11,13H2,(H2,25,26,27,28,31). The zero-order chi connectivity index (χ0) is 22.1. The van der Waals surface area contributed by atoms with Crippen LogP contribution in [-0.4, -0.2) is 42.3 Å². The Bertz CT molecular complexity index is 1130. The van der Waals surface area contributed by atoms with Gasteiger partial charge in [0, 0.05) is 36.2 Å². The maximum absolute atomic E-state index is 12.7. The van der Waals surface area contributed by atoms with Crippen molar-refractivity contribution in [2.24, 2.45) is 0 Å². The zero-order valence-corrected chi connectivity index (χ0v) is 18.5. The van der Waals surface area contributed by atoms with E-state index >= 15 is 0 Å². The van der Waals surface area contributed by atoms with E-state index in [-0.39, 0.29) is 12.6 Å². The van der Waals surface area contributed by atoms with Gasteiger partial charge in [0.2, 0.25) is 5.95 Å². The van der Waals surface area contributed by atoms with Gasteiger partial charge in [0.05, 0.1) is 35.5 Å². The summed E-state index contributed by atoms with van der Waals surface area (Å²) in [6.45, 7) is 3.52. The van der Waals surface area contributed by atoms with Crippen LogP contribution in [0, 0.1) is 0 Å². The number of anilines is 5. The Balaban J connectivity index is 1.32. The Kier molecular flexibility index (Phi) is 5.73. The molecule has 2 aliphatic rings. The first-order valence-corrected chi connectivity index (χ1v) is 10.9. The minimum Gasteiger partial charge on any atom is -0.378 e. The minimum atomic E-state index is -0.355. The summed E-state index contributed by atoms with van der Waals surface area (Å²) < 4.78 is 5.40. The first kappa shape index (κ1) is 20.8. The summed E-state index contributed by atoms with van der Waals surface area (Å²) in [5.74, 6) is 0.851. The molecule has 0 bridgehead atoms. The number of rotatable bonds is 4. The van der Waals surface area contributed by atoms with E-state index in [4.69, 9.17) is 27.9 Å². The number of benzene rings is 2. The van der Waals surface area contributed by atoms with Crippen LogP contribution >= 0.6 is 23.2 Å². The molecule has 10 heteroatoms. The molecule has 0 radical (unpaired) electrons. The maximum atomic E-state index is 12.7. The Hall–Kier alpha value is -3.07. The van der Waals surface area contributed by atoms with E-state index in [9.17, 15) is 4.79 Å². The van der Waals surface area contributed by atoms with Gasteiger partial charge in [-0.1, -0.05) is 29.3 Å². The fourth-order valence-corrected chi connectivity index (χ4v) is 4.34. The molecule has 3 aromatic rings. The predicted octanol–water partition coefficient (Wildman–Crippen LogP) is 4.92. The Morgan fingerprint density at radius 2 is 1.75 bits per heavy atom. The molecule has 0 spiro atoms. The Morgan fingerprint density at radius 3 is 2.47 bits per heavy atom. The van der Waals surface area contributed by atoms with Gasteiger partial charge in [-0.05, 0) is 36.4 Å². The molecule has 0 saturated carbocycles. The number of para-hydroxylation sites is 1. The average molecular weight is 471 g/mol. The summed E-state index contributed by atoms with van der Waals surface area (Å²) >= 11 is 12.5. The summed E-state index contributed by atoms with van der Waals surface area (Å²) in [6, 6.07) is 12.8. The number of aromatic nitrogens is 2. The van der Waals surface area contributed by atoms with Crippen molar-refractivity contribution in [3.8, 4) is 0 Å². The van der Waals surface area contributed by atoms with E-state index in [1.165, 1.54) is 4.90 Å². The molecule has 32 heavy (non-hydrogen) atoms. The molecule has 0 aliphatic carbocycles. The predicted molar refractivity (Wildman–Crippen MR) is 126 cm³/mol.